The molecule has 1 aliphatic rings. The summed E-state index contributed by atoms with van der Waals surface area (Å²) in [6, 6.07) is 16.0. The van der Waals surface area contributed by atoms with Gasteiger partial charge in [-0.25, -0.2) is 9.97 Å². The molecule has 0 aliphatic carbocycles. The van der Waals surface area contributed by atoms with Gasteiger partial charge in [0, 0.05) is 17.9 Å². The minimum Gasteiger partial charge on any atom is -0.325 e. The summed E-state index contributed by atoms with van der Waals surface area (Å²) in [5.74, 6) is 0.512. The van der Waals surface area contributed by atoms with Crippen molar-refractivity contribution in [3.63, 3.8) is 0 Å². The number of carbonyl (C=O) groups excluding carboxylic acids is 1. The standard InChI is InChI=1S/C21H20N4O/c1-15-6-4-9-17(12-15)24-21(26)18-13-23-20(14-22-18)25-11-5-8-16-7-2-3-10-19(16)25/h2-4,6-7,9-10,12-14H,5,8,11H2,1H3,(H,24,26). The predicted octanol–water partition coefficient (Wildman–Crippen LogP) is 4.12. The molecule has 2 heterocycles. The second-order valence-corrected chi connectivity index (χ2v) is 6.47. The molecule has 0 unspecified atom stereocenters. The zero-order valence-corrected chi connectivity index (χ0v) is 14.6. The molecular formula is C21H20N4O. The number of hydrogen-bond acceptors (Lipinski definition) is 4. The fourth-order valence-corrected chi connectivity index (χ4v) is 3.27. The van der Waals surface area contributed by atoms with E-state index >= 15 is 0 Å². The molecule has 0 radical (unpaired) electrons. The van der Waals surface area contributed by atoms with Gasteiger partial charge < -0.3 is 10.2 Å². The number of amides is 1. The van der Waals surface area contributed by atoms with Crippen LogP contribution >= 0.6 is 0 Å². The molecule has 0 bridgehead atoms. The van der Waals surface area contributed by atoms with Crippen molar-refractivity contribution in [3.8, 4) is 0 Å². The lowest BCUT2D eigenvalue weighted by molar-refractivity contribution is 0.102. The Labute approximate surface area is 152 Å². The topological polar surface area (TPSA) is 58.1 Å². The van der Waals surface area contributed by atoms with Crippen molar-refractivity contribution >= 4 is 23.1 Å². The van der Waals surface area contributed by atoms with Crippen molar-refractivity contribution in [1.29, 1.82) is 0 Å². The van der Waals surface area contributed by atoms with Crippen LogP contribution in [0.4, 0.5) is 17.2 Å². The normalized spacial score (nSPS) is 13.2. The molecule has 0 saturated heterocycles. The van der Waals surface area contributed by atoms with Gasteiger partial charge in [-0.05, 0) is 49.1 Å². The molecule has 26 heavy (non-hydrogen) atoms. The number of aromatic nitrogens is 2. The summed E-state index contributed by atoms with van der Waals surface area (Å²) in [5, 5.41) is 2.86. The third-order valence-corrected chi connectivity index (χ3v) is 4.53. The summed E-state index contributed by atoms with van der Waals surface area (Å²) in [6.07, 6.45) is 5.37. The fourth-order valence-electron chi connectivity index (χ4n) is 3.27. The first-order valence-corrected chi connectivity index (χ1v) is 8.76. The summed E-state index contributed by atoms with van der Waals surface area (Å²) >= 11 is 0. The van der Waals surface area contributed by atoms with E-state index in [1.165, 1.54) is 17.4 Å². The molecule has 3 aromatic rings. The van der Waals surface area contributed by atoms with Crippen LogP contribution in [0.1, 0.15) is 28.0 Å². The van der Waals surface area contributed by atoms with Gasteiger partial charge >= 0.3 is 0 Å². The van der Waals surface area contributed by atoms with Gasteiger partial charge in [0.1, 0.15) is 5.69 Å². The highest BCUT2D eigenvalue weighted by Gasteiger charge is 2.19. The van der Waals surface area contributed by atoms with Crippen LogP contribution in [-0.4, -0.2) is 22.4 Å². The second-order valence-electron chi connectivity index (χ2n) is 6.47. The zero-order chi connectivity index (χ0) is 17.9. The Balaban J connectivity index is 1.53. The highest BCUT2D eigenvalue weighted by molar-refractivity contribution is 6.02. The minimum atomic E-state index is -0.256. The quantitative estimate of drug-likeness (QED) is 0.776. The van der Waals surface area contributed by atoms with Crippen LogP contribution in [0.25, 0.3) is 0 Å². The Kier molecular flexibility index (Phi) is 4.35. The molecule has 1 amide bonds. The molecular weight excluding hydrogens is 324 g/mol. The van der Waals surface area contributed by atoms with Gasteiger partial charge in [0.05, 0.1) is 12.4 Å². The zero-order valence-electron chi connectivity index (χ0n) is 14.6. The smallest absolute Gasteiger partial charge is 0.275 e. The molecule has 0 atom stereocenters. The molecule has 5 nitrogen and oxygen atoms in total. The Morgan fingerprint density at radius 3 is 2.77 bits per heavy atom. The lowest BCUT2D eigenvalue weighted by Gasteiger charge is -2.30. The van der Waals surface area contributed by atoms with E-state index in [9.17, 15) is 4.79 Å². The van der Waals surface area contributed by atoms with Crippen LogP contribution in [0.3, 0.4) is 0 Å². The number of carbonyl (C=O) groups is 1. The first kappa shape index (κ1) is 16.3. The maximum Gasteiger partial charge on any atom is 0.275 e. The van der Waals surface area contributed by atoms with E-state index in [4.69, 9.17) is 0 Å². The third kappa shape index (κ3) is 3.28. The Morgan fingerprint density at radius 1 is 1.08 bits per heavy atom. The van der Waals surface area contributed by atoms with Crippen LogP contribution in [0.15, 0.2) is 60.9 Å². The molecule has 5 heteroatoms. The van der Waals surface area contributed by atoms with Gasteiger partial charge in [0.25, 0.3) is 5.91 Å². The van der Waals surface area contributed by atoms with Gasteiger partial charge in [-0.1, -0.05) is 30.3 Å². The van der Waals surface area contributed by atoms with Gasteiger partial charge in [-0.3, -0.25) is 4.79 Å². The van der Waals surface area contributed by atoms with E-state index in [2.05, 4.69) is 38.4 Å². The number of fused-ring (bicyclic) bond motifs is 1. The molecule has 4 rings (SSSR count). The maximum atomic E-state index is 12.4. The number of rotatable bonds is 3. The number of hydrogen-bond donors (Lipinski definition) is 1. The fraction of sp³-hybridized carbons (Fsp3) is 0.190. The summed E-state index contributed by atoms with van der Waals surface area (Å²) in [6.45, 7) is 2.89. The molecule has 1 aromatic heterocycles. The van der Waals surface area contributed by atoms with Crippen molar-refractivity contribution in [1.82, 2.24) is 9.97 Å². The van der Waals surface area contributed by atoms with E-state index < -0.39 is 0 Å². The van der Waals surface area contributed by atoms with Crippen molar-refractivity contribution in [3.05, 3.63) is 77.7 Å². The van der Waals surface area contributed by atoms with Crippen molar-refractivity contribution in [2.45, 2.75) is 19.8 Å². The van der Waals surface area contributed by atoms with Crippen molar-refractivity contribution in [2.75, 3.05) is 16.8 Å². The van der Waals surface area contributed by atoms with E-state index in [0.29, 0.717) is 5.69 Å². The molecule has 0 saturated carbocycles. The molecule has 2 aromatic carbocycles. The molecule has 1 aliphatic heterocycles. The predicted molar refractivity (Wildman–Crippen MR) is 103 cm³/mol. The lowest BCUT2D eigenvalue weighted by Crippen LogP contribution is -2.25. The maximum absolute atomic E-state index is 12.4. The van der Waals surface area contributed by atoms with Crippen molar-refractivity contribution < 1.29 is 4.79 Å². The number of nitrogens with one attached hydrogen (secondary N) is 1. The Bertz CT molecular complexity index is 937. The van der Waals surface area contributed by atoms with Gasteiger partial charge in [-0.15, -0.1) is 0 Å². The van der Waals surface area contributed by atoms with E-state index in [1.807, 2.05) is 37.3 Å². The van der Waals surface area contributed by atoms with Crippen LogP contribution in [-0.2, 0) is 6.42 Å². The van der Waals surface area contributed by atoms with Crippen LogP contribution in [0.2, 0.25) is 0 Å². The second kappa shape index (κ2) is 6.96. The third-order valence-electron chi connectivity index (χ3n) is 4.53. The monoisotopic (exact) mass is 344 g/mol. The number of benzene rings is 2. The SMILES string of the molecule is Cc1cccc(NC(=O)c2cnc(N3CCCc4ccccc43)cn2)c1. The van der Waals surface area contributed by atoms with Gasteiger partial charge in [0.2, 0.25) is 0 Å². The first-order valence-electron chi connectivity index (χ1n) is 8.76. The number of anilines is 3. The number of aryl methyl sites for hydroxylation is 2. The minimum absolute atomic E-state index is 0.256. The molecule has 0 fully saturated rings. The lowest BCUT2D eigenvalue weighted by atomic mass is 10.0. The summed E-state index contributed by atoms with van der Waals surface area (Å²) < 4.78 is 0. The summed E-state index contributed by atoms with van der Waals surface area (Å²) in [4.78, 5) is 23.4. The van der Waals surface area contributed by atoms with E-state index in [0.717, 1.165) is 36.5 Å². The first-order chi connectivity index (χ1) is 12.7. The van der Waals surface area contributed by atoms with Crippen LogP contribution in [0.5, 0.6) is 0 Å². The summed E-state index contributed by atoms with van der Waals surface area (Å²) in [7, 11) is 0. The summed E-state index contributed by atoms with van der Waals surface area (Å²) in [5.41, 5.74) is 4.64. The van der Waals surface area contributed by atoms with Crippen LogP contribution < -0.4 is 10.2 Å². The molecule has 1 N–H and O–H groups in total. The van der Waals surface area contributed by atoms with Crippen molar-refractivity contribution in [2.24, 2.45) is 0 Å². The van der Waals surface area contributed by atoms with E-state index in [1.54, 1.807) is 6.20 Å². The van der Waals surface area contributed by atoms with Crippen LogP contribution in [0, 0.1) is 6.92 Å². The number of nitrogens with zero attached hydrogens (tertiary/aromatic N) is 3. The van der Waals surface area contributed by atoms with E-state index in [-0.39, 0.29) is 5.91 Å². The number of para-hydroxylation sites is 1. The highest BCUT2D eigenvalue weighted by Crippen LogP contribution is 2.31. The highest BCUT2D eigenvalue weighted by atomic mass is 16.1. The molecule has 0 spiro atoms. The van der Waals surface area contributed by atoms with Gasteiger partial charge in [-0.2, -0.15) is 0 Å². The average Bonchev–Trinajstić information content (AvgIpc) is 2.68. The Hall–Kier alpha value is -3.21. The Morgan fingerprint density at radius 2 is 1.96 bits per heavy atom. The largest absolute Gasteiger partial charge is 0.325 e. The van der Waals surface area contributed by atoms with Gasteiger partial charge in [0.15, 0.2) is 5.82 Å². The average molecular weight is 344 g/mol. The molecule has 130 valence electrons.